The Labute approximate surface area is 152 Å². The van der Waals surface area contributed by atoms with Crippen molar-refractivity contribution in [2.75, 3.05) is 18.0 Å². The minimum absolute atomic E-state index is 0.460. The van der Waals surface area contributed by atoms with Crippen molar-refractivity contribution in [2.24, 2.45) is 5.41 Å². The smallest absolute Gasteiger partial charge is 0.202 e. The summed E-state index contributed by atoms with van der Waals surface area (Å²) >= 11 is 5.97. The maximum Gasteiger partial charge on any atom is 0.202 e. The molecule has 0 unspecified atom stereocenters. The minimum Gasteiger partial charge on any atom is -0.355 e. The molecule has 0 spiro atoms. The summed E-state index contributed by atoms with van der Waals surface area (Å²) in [5.74, 6) is 0.916. The Morgan fingerprint density at radius 3 is 2.60 bits per heavy atom. The zero-order chi connectivity index (χ0) is 17.4. The van der Waals surface area contributed by atoms with E-state index in [1.807, 2.05) is 30.5 Å². The first-order valence-corrected chi connectivity index (χ1v) is 9.18. The van der Waals surface area contributed by atoms with Crippen LogP contribution in [0.1, 0.15) is 33.1 Å². The number of hydrogen-bond acceptors (Lipinski definition) is 4. The van der Waals surface area contributed by atoms with E-state index < -0.39 is 0 Å². The number of nitrogens with zero attached hydrogens (tertiary/aromatic N) is 4. The predicted molar refractivity (Wildman–Crippen MR) is 102 cm³/mol. The van der Waals surface area contributed by atoms with Crippen molar-refractivity contribution in [3.63, 3.8) is 0 Å². The third kappa shape index (κ3) is 3.09. The van der Waals surface area contributed by atoms with Crippen LogP contribution in [0, 0.1) is 5.41 Å². The van der Waals surface area contributed by atoms with E-state index in [-0.39, 0.29) is 0 Å². The number of H-pyrrole nitrogens is 1. The van der Waals surface area contributed by atoms with E-state index in [0.717, 1.165) is 35.7 Å². The molecule has 25 heavy (non-hydrogen) atoms. The number of fused-ring (bicyclic) bond motifs is 1. The van der Waals surface area contributed by atoms with Crippen molar-refractivity contribution < 1.29 is 0 Å². The highest BCUT2D eigenvalue weighted by molar-refractivity contribution is 6.30. The summed E-state index contributed by atoms with van der Waals surface area (Å²) in [5, 5.41) is 8.14. The first-order valence-electron chi connectivity index (χ1n) is 8.80. The van der Waals surface area contributed by atoms with Crippen LogP contribution in [-0.2, 0) is 0 Å². The lowest BCUT2D eigenvalue weighted by molar-refractivity contribution is 0.238. The zero-order valence-corrected chi connectivity index (χ0v) is 15.3. The Balaban J connectivity index is 1.61. The lowest BCUT2D eigenvalue weighted by Gasteiger charge is -2.39. The van der Waals surface area contributed by atoms with Gasteiger partial charge in [-0.1, -0.05) is 44.0 Å². The second-order valence-electron chi connectivity index (χ2n) is 7.16. The SMILES string of the molecule is CCC1(C)CCN(c2cnc3c(-c4ccc(Cl)cc4)[nH]nc3n2)CC1. The Morgan fingerprint density at radius 2 is 1.92 bits per heavy atom. The first kappa shape index (κ1) is 16.3. The highest BCUT2D eigenvalue weighted by Crippen LogP contribution is 2.35. The van der Waals surface area contributed by atoms with Gasteiger partial charge in [-0.15, -0.1) is 0 Å². The molecule has 1 N–H and O–H groups in total. The minimum atomic E-state index is 0.460. The standard InChI is InChI=1S/C19H22ClN5/c1-3-19(2)8-10-25(11-9-19)15-12-21-17-16(23-24-18(17)22-15)13-4-6-14(20)7-5-13/h4-7,12H,3,8-11H2,1-2H3,(H,22,23,24). The molecule has 5 nitrogen and oxygen atoms in total. The quantitative estimate of drug-likeness (QED) is 0.740. The van der Waals surface area contributed by atoms with Crippen molar-refractivity contribution in [3.05, 3.63) is 35.5 Å². The summed E-state index contributed by atoms with van der Waals surface area (Å²) in [6.45, 7) is 6.72. The van der Waals surface area contributed by atoms with Gasteiger partial charge in [0, 0.05) is 23.7 Å². The number of benzene rings is 1. The van der Waals surface area contributed by atoms with Gasteiger partial charge in [0.15, 0.2) is 0 Å². The number of hydrogen-bond donors (Lipinski definition) is 1. The van der Waals surface area contributed by atoms with Gasteiger partial charge in [0.05, 0.1) is 11.9 Å². The van der Waals surface area contributed by atoms with Crippen molar-refractivity contribution in [1.82, 2.24) is 20.2 Å². The van der Waals surface area contributed by atoms with Crippen LogP contribution in [0.25, 0.3) is 22.4 Å². The predicted octanol–water partition coefficient (Wildman–Crippen LogP) is 4.69. The zero-order valence-electron chi connectivity index (χ0n) is 14.6. The van der Waals surface area contributed by atoms with E-state index >= 15 is 0 Å². The molecule has 0 bridgehead atoms. The van der Waals surface area contributed by atoms with E-state index in [1.165, 1.54) is 19.3 Å². The molecule has 130 valence electrons. The molecule has 2 aromatic heterocycles. The summed E-state index contributed by atoms with van der Waals surface area (Å²) in [5.41, 5.74) is 3.79. The van der Waals surface area contributed by atoms with E-state index in [0.29, 0.717) is 16.1 Å². The van der Waals surface area contributed by atoms with E-state index in [9.17, 15) is 0 Å². The summed E-state index contributed by atoms with van der Waals surface area (Å²) in [6.07, 6.45) is 5.49. The highest BCUT2D eigenvalue weighted by Gasteiger charge is 2.29. The van der Waals surface area contributed by atoms with Crippen molar-refractivity contribution in [2.45, 2.75) is 33.1 Å². The topological polar surface area (TPSA) is 57.7 Å². The Morgan fingerprint density at radius 1 is 1.20 bits per heavy atom. The molecule has 0 aliphatic carbocycles. The fraction of sp³-hybridized carbons (Fsp3) is 0.421. The van der Waals surface area contributed by atoms with E-state index in [1.54, 1.807) is 0 Å². The maximum absolute atomic E-state index is 5.97. The van der Waals surface area contributed by atoms with Crippen molar-refractivity contribution in [1.29, 1.82) is 0 Å². The van der Waals surface area contributed by atoms with Crippen LogP contribution in [0.3, 0.4) is 0 Å². The molecular formula is C19H22ClN5. The maximum atomic E-state index is 5.97. The summed E-state index contributed by atoms with van der Waals surface area (Å²) in [4.78, 5) is 11.7. The molecule has 1 aliphatic heterocycles. The van der Waals surface area contributed by atoms with Crippen molar-refractivity contribution >= 4 is 28.6 Å². The summed E-state index contributed by atoms with van der Waals surface area (Å²) in [6, 6.07) is 7.65. The van der Waals surface area contributed by atoms with Crippen molar-refractivity contribution in [3.8, 4) is 11.3 Å². The third-order valence-corrected chi connectivity index (χ3v) is 5.78. The van der Waals surface area contributed by atoms with E-state index in [4.69, 9.17) is 16.6 Å². The Bertz CT molecular complexity index is 878. The molecule has 1 aliphatic rings. The molecule has 6 heteroatoms. The molecule has 1 saturated heterocycles. The second kappa shape index (κ2) is 6.30. The van der Waals surface area contributed by atoms with Gasteiger partial charge in [0.2, 0.25) is 5.65 Å². The van der Waals surface area contributed by atoms with Crippen LogP contribution < -0.4 is 4.90 Å². The van der Waals surface area contributed by atoms with Gasteiger partial charge in [-0.3, -0.25) is 5.10 Å². The van der Waals surface area contributed by atoms with Gasteiger partial charge >= 0.3 is 0 Å². The molecule has 3 aromatic rings. The first-order chi connectivity index (χ1) is 12.1. The van der Waals surface area contributed by atoms with Gasteiger partial charge in [-0.2, -0.15) is 5.10 Å². The van der Waals surface area contributed by atoms with Crippen LogP contribution in [0.4, 0.5) is 5.82 Å². The number of aromatic amines is 1. The number of nitrogens with one attached hydrogen (secondary N) is 1. The number of rotatable bonds is 3. The average molecular weight is 356 g/mol. The Hall–Kier alpha value is -2.14. The molecule has 1 aromatic carbocycles. The van der Waals surface area contributed by atoms with E-state index in [2.05, 4.69) is 33.9 Å². The Kier molecular flexibility index (Phi) is 4.12. The average Bonchev–Trinajstić information content (AvgIpc) is 3.06. The monoisotopic (exact) mass is 355 g/mol. The summed E-state index contributed by atoms with van der Waals surface area (Å²) in [7, 11) is 0. The van der Waals surface area contributed by atoms with Crippen LogP contribution in [0.5, 0.6) is 0 Å². The molecule has 0 amide bonds. The lowest BCUT2D eigenvalue weighted by atomic mass is 9.78. The van der Waals surface area contributed by atoms with Crippen LogP contribution in [-0.4, -0.2) is 33.3 Å². The number of anilines is 1. The molecule has 3 heterocycles. The number of aromatic nitrogens is 4. The fourth-order valence-electron chi connectivity index (χ4n) is 3.39. The number of piperidine rings is 1. The lowest BCUT2D eigenvalue weighted by Crippen LogP contribution is -2.38. The molecule has 1 fully saturated rings. The molecular weight excluding hydrogens is 334 g/mol. The third-order valence-electron chi connectivity index (χ3n) is 5.53. The molecule has 4 rings (SSSR count). The van der Waals surface area contributed by atoms with Crippen LogP contribution in [0.2, 0.25) is 5.02 Å². The molecule has 0 radical (unpaired) electrons. The summed E-state index contributed by atoms with van der Waals surface area (Å²) < 4.78 is 0. The van der Waals surface area contributed by atoms with Gasteiger partial charge in [0.1, 0.15) is 11.3 Å². The highest BCUT2D eigenvalue weighted by atomic mass is 35.5. The van der Waals surface area contributed by atoms with Gasteiger partial charge < -0.3 is 4.90 Å². The van der Waals surface area contributed by atoms with Crippen LogP contribution >= 0.6 is 11.6 Å². The largest absolute Gasteiger partial charge is 0.355 e. The van der Waals surface area contributed by atoms with Gasteiger partial charge in [0.25, 0.3) is 0 Å². The molecule has 0 atom stereocenters. The van der Waals surface area contributed by atoms with Gasteiger partial charge in [-0.05, 0) is 30.4 Å². The normalized spacial score (nSPS) is 17.2. The van der Waals surface area contributed by atoms with Crippen LogP contribution in [0.15, 0.2) is 30.5 Å². The van der Waals surface area contributed by atoms with Gasteiger partial charge in [-0.25, -0.2) is 9.97 Å². The second-order valence-corrected chi connectivity index (χ2v) is 7.59. The fourth-order valence-corrected chi connectivity index (χ4v) is 3.51. The molecule has 0 saturated carbocycles. The number of halogens is 1.